The van der Waals surface area contributed by atoms with Crippen LogP contribution in [0.3, 0.4) is 0 Å². The lowest BCUT2D eigenvalue weighted by Gasteiger charge is -2.49. The molecule has 0 aromatic rings. The lowest BCUT2D eigenvalue weighted by molar-refractivity contribution is 0.00235. The van der Waals surface area contributed by atoms with Gasteiger partial charge in [-0.05, 0) is 58.8 Å². The molecule has 2 heterocycles. The fourth-order valence-electron chi connectivity index (χ4n) is 4.32. The molecule has 2 aliphatic rings. The number of hydrogen-bond donors (Lipinski definition) is 1. The summed E-state index contributed by atoms with van der Waals surface area (Å²) in [5, 5.41) is 0. The van der Waals surface area contributed by atoms with Gasteiger partial charge in [0.25, 0.3) is 0 Å². The van der Waals surface area contributed by atoms with Gasteiger partial charge in [-0.15, -0.1) is 0 Å². The molecule has 0 saturated carbocycles. The van der Waals surface area contributed by atoms with E-state index in [2.05, 4.69) is 35.5 Å². The Morgan fingerprint density at radius 2 is 1.90 bits per heavy atom. The molecule has 124 valence electrons. The Kier molecular flexibility index (Phi) is 6.48. The van der Waals surface area contributed by atoms with Crippen molar-refractivity contribution in [1.82, 2.24) is 14.7 Å². The molecule has 2 rings (SSSR count). The van der Waals surface area contributed by atoms with Gasteiger partial charge in [0.2, 0.25) is 0 Å². The number of nitrogens with zero attached hydrogens (tertiary/aromatic N) is 3. The van der Waals surface area contributed by atoms with E-state index in [4.69, 9.17) is 5.73 Å². The number of hydrogen-bond acceptors (Lipinski definition) is 4. The molecule has 2 N–H and O–H groups in total. The minimum absolute atomic E-state index is 0.260. The number of piperazine rings is 1. The Bertz CT molecular complexity index is 309. The van der Waals surface area contributed by atoms with Crippen LogP contribution in [0.25, 0.3) is 0 Å². The summed E-state index contributed by atoms with van der Waals surface area (Å²) in [4.78, 5) is 7.98. The normalized spacial score (nSPS) is 34.0. The summed E-state index contributed by atoms with van der Waals surface area (Å²) in [6.45, 7) is 16.3. The van der Waals surface area contributed by atoms with E-state index in [0.717, 1.165) is 6.54 Å². The minimum atomic E-state index is 0.260. The van der Waals surface area contributed by atoms with Gasteiger partial charge in [0.05, 0.1) is 0 Å². The lowest BCUT2D eigenvalue weighted by Crippen LogP contribution is -2.62. The average Bonchev–Trinajstić information content (AvgIpc) is 2.71. The molecule has 4 nitrogen and oxygen atoms in total. The second kappa shape index (κ2) is 7.91. The highest BCUT2D eigenvalue weighted by molar-refractivity contribution is 4.97. The molecule has 2 saturated heterocycles. The van der Waals surface area contributed by atoms with E-state index in [-0.39, 0.29) is 5.54 Å². The van der Waals surface area contributed by atoms with Crippen LogP contribution in [0.4, 0.5) is 0 Å². The summed E-state index contributed by atoms with van der Waals surface area (Å²) in [6.07, 6.45) is 5.10. The van der Waals surface area contributed by atoms with Crippen LogP contribution in [0.15, 0.2) is 0 Å². The molecular formula is C17H36N4. The number of rotatable bonds is 5. The Balaban J connectivity index is 2.00. The smallest absolute Gasteiger partial charge is 0.0345 e. The molecule has 2 unspecified atom stereocenters. The standard InChI is InChI=1S/C17H36N4/c1-4-9-19-10-6-7-17(15-18,8-11-19)21-13-12-20(5-2)16(3)14-21/h16H,4-15,18H2,1-3H3. The largest absolute Gasteiger partial charge is 0.329 e. The third-order valence-electron chi connectivity index (χ3n) is 5.77. The molecule has 0 aromatic heterocycles. The maximum Gasteiger partial charge on any atom is 0.0345 e. The Morgan fingerprint density at radius 3 is 2.52 bits per heavy atom. The first-order valence-corrected chi connectivity index (χ1v) is 9.06. The Hall–Kier alpha value is -0.160. The van der Waals surface area contributed by atoms with Gasteiger partial charge in [0.15, 0.2) is 0 Å². The number of likely N-dealkylation sites (N-methyl/N-ethyl adjacent to an activating group) is 1. The Labute approximate surface area is 131 Å². The summed E-state index contributed by atoms with van der Waals surface area (Å²) < 4.78 is 0. The van der Waals surface area contributed by atoms with E-state index in [0.29, 0.717) is 6.04 Å². The Morgan fingerprint density at radius 1 is 1.10 bits per heavy atom. The van der Waals surface area contributed by atoms with E-state index in [1.807, 2.05) is 0 Å². The van der Waals surface area contributed by atoms with E-state index < -0.39 is 0 Å². The fraction of sp³-hybridized carbons (Fsp3) is 1.00. The van der Waals surface area contributed by atoms with Crippen molar-refractivity contribution in [2.45, 2.75) is 58.0 Å². The van der Waals surface area contributed by atoms with Gasteiger partial charge in [-0.3, -0.25) is 9.80 Å². The van der Waals surface area contributed by atoms with Crippen molar-refractivity contribution in [3.05, 3.63) is 0 Å². The highest BCUT2D eigenvalue weighted by Crippen LogP contribution is 2.30. The van der Waals surface area contributed by atoms with Gasteiger partial charge in [-0.25, -0.2) is 0 Å². The van der Waals surface area contributed by atoms with Crippen LogP contribution >= 0.6 is 0 Å². The summed E-state index contributed by atoms with van der Waals surface area (Å²) in [6, 6.07) is 0.669. The van der Waals surface area contributed by atoms with Crippen molar-refractivity contribution in [1.29, 1.82) is 0 Å². The quantitative estimate of drug-likeness (QED) is 0.836. The predicted octanol–water partition coefficient (Wildman–Crippen LogP) is 1.61. The van der Waals surface area contributed by atoms with Crippen molar-refractivity contribution in [3.63, 3.8) is 0 Å². The molecule has 0 aliphatic carbocycles. The van der Waals surface area contributed by atoms with Gasteiger partial charge in [0.1, 0.15) is 0 Å². The van der Waals surface area contributed by atoms with Crippen molar-refractivity contribution in [3.8, 4) is 0 Å². The SMILES string of the molecule is CCCN1CCCC(CN)(N2CCN(CC)C(C)C2)CC1. The molecule has 0 aromatic carbocycles. The zero-order chi connectivity index (χ0) is 15.3. The topological polar surface area (TPSA) is 35.7 Å². The monoisotopic (exact) mass is 296 g/mol. The van der Waals surface area contributed by atoms with E-state index in [1.165, 1.54) is 71.5 Å². The fourth-order valence-corrected chi connectivity index (χ4v) is 4.32. The first-order chi connectivity index (χ1) is 10.1. The summed E-state index contributed by atoms with van der Waals surface area (Å²) in [5.74, 6) is 0. The van der Waals surface area contributed by atoms with Crippen LogP contribution in [-0.2, 0) is 0 Å². The number of nitrogens with two attached hydrogens (primary N) is 1. The maximum atomic E-state index is 6.30. The third-order valence-corrected chi connectivity index (χ3v) is 5.77. The first-order valence-electron chi connectivity index (χ1n) is 9.06. The predicted molar refractivity (Wildman–Crippen MR) is 90.6 cm³/mol. The van der Waals surface area contributed by atoms with E-state index in [9.17, 15) is 0 Å². The maximum absolute atomic E-state index is 6.30. The van der Waals surface area contributed by atoms with Crippen molar-refractivity contribution in [2.24, 2.45) is 5.73 Å². The first kappa shape index (κ1) is 17.2. The van der Waals surface area contributed by atoms with Crippen LogP contribution in [-0.4, -0.2) is 78.6 Å². The molecule has 2 atom stereocenters. The second-order valence-electron chi connectivity index (χ2n) is 7.05. The van der Waals surface area contributed by atoms with Crippen molar-refractivity contribution in [2.75, 3.05) is 52.4 Å². The van der Waals surface area contributed by atoms with E-state index in [1.54, 1.807) is 0 Å². The van der Waals surface area contributed by atoms with Crippen molar-refractivity contribution >= 4 is 0 Å². The van der Waals surface area contributed by atoms with Gasteiger partial charge in [0, 0.05) is 37.8 Å². The third kappa shape index (κ3) is 3.98. The molecule has 4 heteroatoms. The van der Waals surface area contributed by atoms with Crippen LogP contribution in [0.2, 0.25) is 0 Å². The lowest BCUT2D eigenvalue weighted by atomic mass is 9.87. The second-order valence-corrected chi connectivity index (χ2v) is 7.05. The molecule has 2 fully saturated rings. The van der Waals surface area contributed by atoms with Gasteiger partial charge < -0.3 is 10.6 Å². The van der Waals surface area contributed by atoms with Gasteiger partial charge in [-0.1, -0.05) is 13.8 Å². The molecule has 0 spiro atoms. The molecule has 21 heavy (non-hydrogen) atoms. The number of likely N-dealkylation sites (tertiary alicyclic amines) is 1. The van der Waals surface area contributed by atoms with Crippen molar-refractivity contribution < 1.29 is 0 Å². The summed E-state index contributed by atoms with van der Waals surface area (Å²) in [5.41, 5.74) is 6.56. The highest BCUT2D eigenvalue weighted by atomic mass is 15.3. The minimum Gasteiger partial charge on any atom is -0.329 e. The van der Waals surface area contributed by atoms with Crippen LogP contribution < -0.4 is 5.73 Å². The molecular weight excluding hydrogens is 260 g/mol. The zero-order valence-electron chi connectivity index (χ0n) is 14.5. The van der Waals surface area contributed by atoms with Crippen LogP contribution in [0.1, 0.15) is 46.5 Å². The van der Waals surface area contributed by atoms with Gasteiger partial charge >= 0.3 is 0 Å². The van der Waals surface area contributed by atoms with Gasteiger partial charge in [-0.2, -0.15) is 0 Å². The zero-order valence-corrected chi connectivity index (χ0v) is 14.5. The van der Waals surface area contributed by atoms with Crippen LogP contribution in [0, 0.1) is 0 Å². The molecule has 2 aliphatic heterocycles. The molecule has 0 amide bonds. The average molecular weight is 297 g/mol. The highest BCUT2D eigenvalue weighted by Gasteiger charge is 2.39. The molecule has 0 bridgehead atoms. The summed E-state index contributed by atoms with van der Waals surface area (Å²) in [7, 11) is 0. The van der Waals surface area contributed by atoms with E-state index >= 15 is 0 Å². The van der Waals surface area contributed by atoms with Crippen LogP contribution in [0.5, 0.6) is 0 Å². The molecule has 0 radical (unpaired) electrons. The summed E-state index contributed by atoms with van der Waals surface area (Å²) >= 11 is 0.